The van der Waals surface area contributed by atoms with Crippen LogP contribution < -0.4 is 15.4 Å². The number of nitrogens with one attached hydrogen (secondary N) is 2. The molecule has 0 saturated carbocycles. The molecule has 25 heavy (non-hydrogen) atoms. The summed E-state index contributed by atoms with van der Waals surface area (Å²) >= 11 is 0. The first kappa shape index (κ1) is 18.2. The van der Waals surface area contributed by atoms with Gasteiger partial charge in [0, 0.05) is 11.8 Å². The van der Waals surface area contributed by atoms with Crippen LogP contribution in [0.1, 0.15) is 13.8 Å². The Balaban J connectivity index is 1.82. The molecule has 0 spiro atoms. The number of hydrogen-bond donors (Lipinski definition) is 2. The highest BCUT2D eigenvalue weighted by Gasteiger charge is 2.45. The maximum Gasteiger partial charge on any atom is 0.326 e. The van der Waals surface area contributed by atoms with Crippen molar-refractivity contribution in [1.82, 2.24) is 10.2 Å². The number of carbonyl (C=O) groups excluding carboxylic acids is 4. The summed E-state index contributed by atoms with van der Waals surface area (Å²) in [5.74, 6) is -1.38. The first-order valence-electron chi connectivity index (χ1n) is 7.46. The largest absolute Gasteiger partial charge is 0.497 e. The Hall–Kier alpha value is -3.10. The number of amides is 4. The van der Waals surface area contributed by atoms with E-state index in [2.05, 4.69) is 10.6 Å². The second-order valence-corrected chi connectivity index (χ2v) is 5.89. The van der Waals surface area contributed by atoms with Gasteiger partial charge in [0.05, 0.1) is 7.11 Å². The molecule has 0 aromatic heterocycles. The number of esters is 1. The Labute approximate surface area is 144 Å². The van der Waals surface area contributed by atoms with Crippen molar-refractivity contribution in [1.29, 1.82) is 0 Å². The molecule has 9 nitrogen and oxygen atoms in total. The van der Waals surface area contributed by atoms with Crippen LogP contribution in [0, 0.1) is 0 Å². The van der Waals surface area contributed by atoms with Gasteiger partial charge in [0.25, 0.3) is 11.8 Å². The molecular weight excluding hydrogens is 330 g/mol. The van der Waals surface area contributed by atoms with Gasteiger partial charge in [-0.3, -0.25) is 19.3 Å². The minimum atomic E-state index is -1.07. The van der Waals surface area contributed by atoms with E-state index in [-0.39, 0.29) is 0 Å². The van der Waals surface area contributed by atoms with E-state index < -0.39 is 42.5 Å². The molecule has 1 aliphatic rings. The molecule has 9 heteroatoms. The molecule has 0 unspecified atom stereocenters. The van der Waals surface area contributed by atoms with Crippen LogP contribution in [-0.2, 0) is 19.1 Å². The third kappa shape index (κ3) is 4.46. The third-order valence-electron chi connectivity index (χ3n) is 3.45. The molecule has 2 N–H and O–H groups in total. The molecule has 0 radical (unpaired) electrons. The van der Waals surface area contributed by atoms with Crippen molar-refractivity contribution in [3.63, 3.8) is 0 Å². The predicted octanol–water partition coefficient (Wildman–Crippen LogP) is 0.507. The number of nitrogens with zero attached hydrogens (tertiary/aromatic N) is 1. The summed E-state index contributed by atoms with van der Waals surface area (Å²) in [6, 6.07) is 5.99. The number of urea groups is 1. The Morgan fingerprint density at radius 2 is 2.00 bits per heavy atom. The lowest BCUT2D eigenvalue weighted by Gasteiger charge is -2.15. The quantitative estimate of drug-likeness (QED) is 0.571. The van der Waals surface area contributed by atoms with Crippen LogP contribution in [0.2, 0.25) is 0 Å². The van der Waals surface area contributed by atoms with E-state index >= 15 is 0 Å². The summed E-state index contributed by atoms with van der Waals surface area (Å²) in [5.41, 5.74) is -0.586. The Bertz CT molecular complexity index is 716. The van der Waals surface area contributed by atoms with Gasteiger partial charge in [-0.2, -0.15) is 0 Å². The van der Waals surface area contributed by atoms with Crippen LogP contribution in [0.15, 0.2) is 24.3 Å². The van der Waals surface area contributed by atoms with Crippen molar-refractivity contribution >= 4 is 29.5 Å². The van der Waals surface area contributed by atoms with E-state index in [0.717, 1.165) is 4.90 Å². The van der Waals surface area contributed by atoms with Crippen LogP contribution in [0.5, 0.6) is 5.75 Å². The number of imide groups is 1. The summed E-state index contributed by atoms with van der Waals surface area (Å²) in [5, 5.41) is 4.99. The summed E-state index contributed by atoms with van der Waals surface area (Å²) in [7, 11) is 1.50. The SMILES string of the molecule is COc1cccc(NC(=O)COC(=O)CN2C(=O)NC(C)(C)C2=O)c1. The number of carbonyl (C=O) groups is 4. The molecule has 1 fully saturated rings. The second-order valence-electron chi connectivity index (χ2n) is 5.89. The molecule has 0 aliphatic carbocycles. The first-order chi connectivity index (χ1) is 11.7. The molecule has 134 valence electrons. The lowest BCUT2D eigenvalue weighted by Crippen LogP contribution is -2.41. The zero-order chi connectivity index (χ0) is 18.6. The minimum Gasteiger partial charge on any atom is -0.497 e. The predicted molar refractivity (Wildman–Crippen MR) is 86.9 cm³/mol. The Morgan fingerprint density at radius 1 is 1.28 bits per heavy atom. The van der Waals surface area contributed by atoms with E-state index in [9.17, 15) is 19.2 Å². The van der Waals surface area contributed by atoms with Gasteiger partial charge >= 0.3 is 12.0 Å². The van der Waals surface area contributed by atoms with Gasteiger partial charge < -0.3 is 20.1 Å². The summed E-state index contributed by atoms with van der Waals surface area (Å²) in [4.78, 5) is 47.9. The summed E-state index contributed by atoms with van der Waals surface area (Å²) in [6.07, 6.45) is 0. The molecule has 1 heterocycles. The van der Waals surface area contributed by atoms with Crippen molar-refractivity contribution in [3.8, 4) is 5.75 Å². The number of ether oxygens (including phenoxy) is 2. The van der Waals surface area contributed by atoms with E-state index in [1.165, 1.54) is 21.0 Å². The molecule has 1 aromatic rings. The fourth-order valence-corrected chi connectivity index (χ4v) is 2.18. The minimum absolute atomic E-state index is 0.483. The van der Waals surface area contributed by atoms with Crippen molar-refractivity contribution in [2.24, 2.45) is 0 Å². The lowest BCUT2D eigenvalue weighted by atomic mass is 10.1. The third-order valence-corrected chi connectivity index (χ3v) is 3.45. The van der Waals surface area contributed by atoms with Gasteiger partial charge in [0.2, 0.25) is 0 Å². The fourth-order valence-electron chi connectivity index (χ4n) is 2.18. The summed E-state index contributed by atoms with van der Waals surface area (Å²) < 4.78 is 9.84. The van der Waals surface area contributed by atoms with Crippen LogP contribution in [0.3, 0.4) is 0 Å². The zero-order valence-corrected chi connectivity index (χ0v) is 14.1. The molecule has 1 saturated heterocycles. The van der Waals surface area contributed by atoms with Gasteiger partial charge in [-0.25, -0.2) is 4.79 Å². The van der Waals surface area contributed by atoms with E-state index in [1.54, 1.807) is 24.3 Å². The molecule has 2 rings (SSSR count). The van der Waals surface area contributed by atoms with Gasteiger partial charge in [0.1, 0.15) is 17.8 Å². The van der Waals surface area contributed by atoms with Gasteiger partial charge in [-0.1, -0.05) is 6.07 Å². The van der Waals surface area contributed by atoms with Gasteiger partial charge in [-0.05, 0) is 26.0 Å². The average Bonchev–Trinajstić information content (AvgIpc) is 2.75. The number of anilines is 1. The second kappa shape index (κ2) is 7.20. The molecule has 1 aromatic carbocycles. The Kier molecular flexibility index (Phi) is 5.26. The highest BCUT2D eigenvalue weighted by atomic mass is 16.5. The zero-order valence-electron chi connectivity index (χ0n) is 14.1. The molecule has 0 bridgehead atoms. The van der Waals surface area contributed by atoms with Crippen LogP contribution in [0.25, 0.3) is 0 Å². The smallest absolute Gasteiger partial charge is 0.326 e. The normalized spacial score (nSPS) is 15.6. The number of benzene rings is 1. The van der Waals surface area contributed by atoms with Crippen molar-refractivity contribution in [2.75, 3.05) is 25.6 Å². The lowest BCUT2D eigenvalue weighted by molar-refractivity contribution is -0.150. The molecular formula is C16H19N3O6. The average molecular weight is 349 g/mol. The van der Waals surface area contributed by atoms with Gasteiger partial charge in [-0.15, -0.1) is 0 Å². The van der Waals surface area contributed by atoms with Crippen LogP contribution in [0.4, 0.5) is 10.5 Å². The van der Waals surface area contributed by atoms with E-state index in [1.807, 2.05) is 0 Å². The maximum atomic E-state index is 12.0. The fraction of sp³-hybridized carbons (Fsp3) is 0.375. The van der Waals surface area contributed by atoms with Crippen LogP contribution in [-0.4, -0.2) is 54.5 Å². The maximum absolute atomic E-state index is 12.0. The Morgan fingerprint density at radius 3 is 2.60 bits per heavy atom. The highest BCUT2D eigenvalue weighted by molar-refractivity contribution is 6.08. The summed E-state index contributed by atoms with van der Waals surface area (Å²) in [6.45, 7) is 1.96. The standard InChI is InChI=1S/C16H19N3O6/c1-16(2)14(22)19(15(23)18-16)8-13(21)25-9-12(20)17-10-5-4-6-11(7-10)24-3/h4-7H,8-9H2,1-3H3,(H,17,20)(H,18,23). The highest BCUT2D eigenvalue weighted by Crippen LogP contribution is 2.17. The number of rotatable bonds is 6. The first-order valence-corrected chi connectivity index (χ1v) is 7.46. The molecule has 1 aliphatic heterocycles. The van der Waals surface area contributed by atoms with Crippen molar-refractivity contribution in [2.45, 2.75) is 19.4 Å². The molecule has 4 amide bonds. The van der Waals surface area contributed by atoms with Crippen LogP contribution >= 0.6 is 0 Å². The van der Waals surface area contributed by atoms with Crippen molar-refractivity contribution < 1.29 is 28.7 Å². The van der Waals surface area contributed by atoms with Crippen molar-refractivity contribution in [3.05, 3.63) is 24.3 Å². The van der Waals surface area contributed by atoms with E-state index in [4.69, 9.17) is 9.47 Å². The monoisotopic (exact) mass is 349 g/mol. The number of hydrogen-bond acceptors (Lipinski definition) is 6. The number of methoxy groups -OCH3 is 1. The van der Waals surface area contributed by atoms with Gasteiger partial charge in [0.15, 0.2) is 6.61 Å². The van der Waals surface area contributed by atoms with E-state index in [0.29, 0.717) is 11.4 Å². The molecule has 0 atom stereocenters. The topological polar surface area (TPSA) is 114 Å².